The van der Waals surface area contributed by atoms with Crippen molar-refractivity contribution in [3.8, 4) is 5.75 Å². The minimum Gasteiger partial charge on any atom is -0.488 e. The van der Waals surface area contributed by atoms with Gasteiger partial charge in [0.05, 0.1) is 6.54 Å². The molecule has 6 nitrogen and oxygen atoms in total. The zero-order chi connectivity index (χ0) is 13.2. The van der Waals surface area contributed by atoms with Crippen molar-refractivity contribution in [1.82, 2.24) is 20.1 Å². The van der Waals surface area contributed by atoms with Gasteiger partial charge in [0.1, 0.15) is 11.9 Å². The number of nitrogens with zero attached hydrogens (tertiary/aromatic N) is 4. The molecule has 1 fully saturated rings. The molecule has 2 aromatic rings. The van der Waals surface area contributed by atoms with Crippen LogP contribution in [0, 0.1) is 13.8 Å². The smallest absolute Gasteiger partial charge is 0.230 e. The summed E-state index contributed by atoms with van der Waals surface area (Å²) in [7, 11) is 0. The Morgan fingerprint density at radius 3 is 2.89 bits per heavy atom. The molecule has 0 aromatic carbocycles. The van der Waals surface area contributed by atoms with Gasteiger partial charge in [-0.15, -0.1) is 10.2 Å². The molecule has 3 rings (SSSR count). The highest BCUT2D eigenvalue weighted by molar-refractivity contribution is 5.22. The van der Waals surface area contributed by atoms with Gasteiger partial charge >= 0.3 is 0 Å². The molecule has 0 saturated carbocycles. The molecule has 1 aliphatic heterocycles. The number of pyridine rings is 1. The summed E-state index contributed by atoms with van der Waals surface area (Å²) in [6.45, 7) is 6.20. The van der Waals surface area contributed by atoms with Gasteiger partial charge in [-0.25, -0.2) is 0 Å². The van der Waals surface area contributed by atoms with E-state index in [1.807, 2.05) is 19.1 Å². The quantitative estimate of drug-likeness (QED) is 0.826. The summed E-state index contributed by atoms with van der Waals surface area (Å²) in [6.07, 6.45) is 1.99. The molecule has 1 aliphatic rings. The molecule has 100 valence electrons. The first kappa shape index (κ1) is 12.1. The molecule has 1 saturated heterocycles. The zero-order valence-electron chi connectivity index (χ0n) is 11.0. The van der Waals surface area contributed by atoms with Crippen molar-refractivity contribution in [3.05, 3.63) is 35.8 Å². The van der Waals surface area contributed by atoms with E-state index in [-0.39, 0.29) is 6.10 Å². The minimum absolute atomic E-state index is 0.228. The highest BCUT2D eigenvalue weighted by atomic mass is 16.5. The molecule has 0 unspecified atom stereocenters. The average molecular weight is 260 g/mol. The Kier molecular flexibility index (Phi) is 3.16. The third-order valence-electron chi connectivity index (χ3n) is 3.02. The molecule has 0 N–H and O–H groups in total. The van der Waals surface area contributed by atoms with Crippen molar-refractivity contribution in [2.24, 2.45) is 0 Å². The van der Waals surface area contributed by atoms with Crippen molar-refractivity contribution in [3.63, 3.8) is 0 Å². The summed E-state index contributed by atoms with van der Waals surface area (Å²) in [4.78, 5) is 6.36. The molecule has 0 radical (unpaired) electrons. The molecule has 0 amide bonds. The fraction of sp³-hybridized carbons (Fsp3) is 0.462. The van der Waals surface area contributed by atoms with Crippen LogP contribution in [0.2, 0.25) is 0 Å². The van der Waals surface area contributed by atoms with E-state index in [0.29, 0.717) is 18.3 Å². The second kappa shape index (κ2) is 4.97. The van der Waals surface area contributed by atoms with Crippen LogP contribution in [0.1, 0.15) is 17.5 Å². The fourth-order valence-corrected chi connectivity index (χ4v) is 2.10. The van der Waals surface area contributed by atoms with Gasteiger partial charge in [0.25, 0.3) is 0 Å². The SMILES string of the molecule is Cc1cc(OC2CN(Cc3nnc(C)o3)C2)ccn1. The molecular formula is C13H16N4O2. The molecule has 19 heavy (non-hydrogen) atoms. The Morgan fingerprint density at radius 1 is 1.37 bits per heavy atom. The number of ether oxygens (including phenoxy) is 1. The van der Waals surface area contributed by atoms with Gasteiger partial charge in [-0.2, -0.15) is 0 Å². The van der Waals surface area contributed by atoms with Crippen LogP contribution in [-0.2, 0) is 6.54 Å². The van der Waals surface area contributed by atoms with Gasteiger partial charge in [0.2, 0.25) is 11.8 Å². The Hall–Kier alpha value is -1.95. The van der Waals surface area contributed by atoms with E-state index < -0.39 is 0 Å². The van der Waals surface area contributed by atoms with Crippen molar-refractivity contribution in [2.75, 3.05) is 13.1 Å². The predicted octanol–water partition coefficient (Wildman–Crippen LogP) is 1.34. The van der Waals surface area contributed by atoms with Crippen LogP contribution in [-0.4, -0.2) is 39.3 Å². The lowest BCUT2D eigenvalue weighted by atomic mass is 10.1. The van der Waals surface area contributed by atoms with E-state index in [2.05, 4.69) is 20.1 Å². The van der Waals surface area contributed by atoms with Gasteiger partial charge in [0, 0.05) is 38.0 Å². The average Bonchev–Trinajstić information content (AvgIpc) is 2.72. The van der Waals surface area contributed by atoms with Gasteiger partial charge in [-0.1, -0.05) is 0 Å². The van der Waals surface area contributed by atoms with Crippen LogP contribution < -0.4 is 4.74 Å². The van der Waals surface area contributed by atoms with Crippen LogP contribution in [0.3, 0.4) is 0 Å². The van der Waals surface area contributed by atoms with Crippen molar-refractivity contribution in [2.45, 2.75) is 26.5 Å². The Balaban J connectivity index is 1.48. The van der Waals surface area contributed by atoms with Gasteiger partial charge in [-0.05, 0) is 13.0 Å². The van der Waals surface area contributed by atoms with E-state index in [9.17, 15) is 0 Å². The van der Waals surface area contributed by atoms with Crippen LogP contribution in [0.4, 0.5) is 0 Å². The lowest BCUT2D eigenvalue weighted by Gasteiger charge is -2.38. The van der Waals surface area contributed by atoms with E-state index in [0.717, 1.165) is 24.5 Å². The first-order valence-corrected chi connectivity index (χ1v) is 6.30. The highest BCUT2D eigenvalue weighted by Crippen LogP contribution is 2.19. The normalized spacial score (nSPS) is 16.3. The predicted molar refractivity (Wildman–Crippen MR) is 67.7 cm³/mol. The number of hydrogen-bond acceptors (Lipinski definition) is 6. The summed E-state index contributed by atoms with van der Waals surface area (Å²) >= 11 is 0. The number of aryl methyl sites for hydroxylation is 2. The Morgan fingerprint density at radius 2 is 2.21 bits per heavy atom. The monoisotopic (exact) mass is 260 g/mol. The molecular weight excluding hydrogens is 244 g/mol. The standard InChI is InChI=1S/C13H16N4O2/c1-9-5-11(3-4-14-9)19-12-6-17(7-12)8-13-16-15-10(2)18-13/h3-5,12H,6-8H2,1-2H3. The third kappa shape index (κ3) is 2.90. The molecule has 0 atom stereocenters. The van der Waals surface area contributed by atoms with Crippen LogP contribution in [0.5, 0.6) is 5.75 Å². The maximum atomic E-state index is 5.86. The first-order valence-electron chi connectivity index (χ1n) is 6.30. The second-order valence-corrected chi connectivity index (χ2v) is 4.78. The molecule has 3 heterocycles. The molecule has 0 spiro atoms. The van der Waals surface area contributed by atoms with E-state index in [4.69, 9.17) is 9.15 Å². The molecule has 0 aliphatic carbocycles. The lowest BCUT2D eigenvalue weighted by molar-refractivity contribution is 0.00945. The lowest BCUT2D eigenvalue weighted by Crippen LogP contribution is -2.53. The van der Waals surface area contributed by atoms with Gasteiger partial charge in [0.15, 0.2) is 0 Å². The van der Waals surface area contributed by atoms with Crippen molar-refractivity contribution in [1.29, 1.82) is 0 Å². The van der Waals surface area contributed by atoms with E-state index >= 15 is 0 Å². The van der Waals surface area contributed by atoms with E-state index in [1.54, 1.807) is 13.1 Å². The highest BCUT2D eigenvalue weighted by Gasteiger charge is 2.29. The summed E-state index contributed by atoms with van der Waals surface area (Å²) in [5.41, 5.74) is 0.968. The van der Waals surface area contributed by atoms with Crippen LogP contribution in [0.15, 0.2) is 22.7 Å². The summed E-state index contributed by atoms with van der Waals surface area (Å²) in [5.74, 6) is 2.15. The summed E-state index contributed by atoms with van der Waals surface area (Å²) < 4.78 is 11.2. The molecule has 2 aromatic heterocycles. The largest absolute Gasteiger partial charge is 0.488 e. The maximum absolute atomic E-state index is 5.86. The van der Waals surface area contributed by atoms with E-state index in [1.165, 1.54) is 0 Å². The van der Waals surface area contributed by atoms with Gasteiger partial charge < -0.3 is 9.15 Å². The topological polar surface area (TPSA) is 64.3 Å². The maximum Gasteiger partial charge on any atom is 0.230 e. The molecule has 6 heteroatoms. The zero-order valence-corrected chi connectivity index (χ0v) is 11.0. The van der Waals surface area contributed by atoms with Gasteiger partial charge in [-0.3, -0.25) is 9.88 Å². The van der Waals surface area contributed by atoms with Crippen LogP contribution in [0.25, 0.3) is 0 Å². The van der Waals surface area contributed by atoms with Crippen LogP contribution >= 0.6 is 0 Å². The molecule has 0 bridgehead atoms. The fourth-order valence-electron chi connectivity index (χ4n) is 2.10. The second-order valence-electron chi connectivity index (χ2n) is 4.78. The Bertz CT molecular complexity index is 563. The minimum atomic E-state index is 0.228. The third-order valence-corrected chi connectivity index (χ3v) is 3.02. The number of rotatable bonds is 4. The van der Waals surface area contributed by atoms with Crippen molar-refractivity contribution < 1.29 is 9.15 Å². The number of aromatic nitrogens is 3. The van der Waals surface area contributed by atoms with Crippen molar-refractivity contribution >= 4 is 0 Å². The Labute approximate surface area is 111 Å². The summed E-state index contributed by atoms with van der Waals surface area (Å²) in [5, 5.41) is 7.79. The first-order chi connectivity index (χ1) is 9.19. The number of hydrogen-bond donors (Lipinski definition) is 0. The summed E-state index contributed by atoms with van der Waals surface area (Å²) in [6, 6.07) is 3.83. The number of likely N-dealkylation sites (tertiary alicyclic amines) is 1.